The lowest BCUT2D eigenvalue weighted by molar-refractivity contribution is -0.152. The van der Waals surface area contributed by atoms with E-state index in [1.54, 1.807) is 0 Å². The van der Waals surface area contributed by atoms with Gasteiger partial charge in [-0.25, -0.2) is 0 Å². The van der Waals surface area contributed by atoms with Crippen molar-refractivity contribution in [2.24, 2.45) is 0 Å². The van der Waals surface area contributed by atoms with Crippen LogP contribution in [0.3, 0.4) is 0 Å². The average Bonchev–Trinajstić information content (AvgIpc) is 2.82. The topological polar surface area (TPSA) is 43.4 Å². The highest BCUT2D eigenvalue weighted by atomic mass is 16.5. The largest absolute Gasteiger partial charge is 0.455 e. The number of rotatable bonds is 27. The first kappa shape index (κ1) is 32.1. The Kier molecular flexibility index (Phi) is 26.7. The summed E-state index contributed by atoms with van der Waals surface area (Å²) in [6, 6.07) is 0. The lowest BCUT2D eigenvalue weighted by atomic mass is 10.0. The maximum Gasteiger partial charge on any atom is 0.306 e. The zero-order chi connectivity index (χ0) is 24.2. The van der Waals surface area contributed by atoms with Gasteiger partial charge in [0.25, 0.3) is 0 Å². The van der Waals surface area contributed by atoms with Crippen molar-refractivity contribution in [1.29, 1.82) is 0 Å². The van der Waals surface area contributed by atoms with Gasteiger partial charge in [-0.2, -0.15) is 0 Å². The van der Waals surface area contributed by atoms with E-state index < -0.39 is 6.10 Å². The summed E-state index contributed by atoms with van der Waals surface area (Å²) in [6.07, 6.45) is 31.0. The van der Waals surface area contributed by atoms with Crippen molar-refractivity contribution in [2.45, 2.75) is 180 Å². The molecule has 1 atom stereocenters. The highest BCUT2D eigenvalue weighted by Crippen LogP contribution is 2.15. The van der Waals surface area contributed by atoms with Gasteiger partial charge < -0.3 is 4.74 Å². The van der Waals surface area contributed by atoms with Gasteiger partial charge in [0, 0.05) is 6.42 Å². The maximum atomic E-state index is 12.0. The Hall–Kier alpha value is -0.860. The molecular formula is C30H58O3. The van der Waals surface area contributed by atoms with Gasteiger partial charge in [-0.3, -0.25) is 9.59 Å². The Morgan fingerprint density at radius 1 is 0.545 bits per heavy atom. The first-order valence-electron chi connectivity index (χ1n) is 14.9. The molecule has 1 unspecified atom stereocenters. The predicted molar refractivity (Wildman–Crippen MR) is 143 cm³/mol. The third-order valence-corrected chi connectivity index (χ3v) is 6.76. The van der Waals surface area contributed by atoms with Gasteiger partial charge in [0.05, 0.1) is 0 Å². The van der Waals surface area contributed by atoms with Crippen molar-refractivity contribution in [3.05, 3.63) is 0 Å². The van der Waals surface area contributed by atoms with E-state index >= 15 is 0 Å². The molecule has 0 saturated heterocycles. The number of hydrogen-bond donors (Lipinski definition) is 0. The van der Waals surface area contributed by atoms with E-state index in [4.69, 9.17) is 4.74 Å². The van der Waals surface area contributed by atoms with E-state index in [0.717, 1.165) is 32.0 Å². The molecule has 0 fully saturated rings. The fourth-order valence-corrected chi connectivity index (χ4v) is 4.50. The summed E-state index contributed by atoms with van der Waals surface area (Å²) in [7, 11) is 0. The molecule has 0 bridgehead atoms. The monoisotopic (exact) mass is 466 g/mol. The molecule has 0 heterocycles. The first-order valence-corrected chi connectivity index (χ1v) is 14.9. The quantitative estimate of drug-likeness (QED) is 0.0687. The summed E-state index contributed by atoms with van der Waals surface area (Å²) in [6.45, 7) is 4.52. The molecule has 0 aromatic heterocycles. The van der Waals surface area contributed by atoms with E-state index in [2.05, 4.69) is 13.8 Å². The van der Waals surface area contributed by atoms with Gasteiger partial charge >= 0.3 is 5.97 Å². The van der Waals surface area contributed by atoms with Crippen molar-refractivity contribution < 1.29 is 14.3 Å². The Morgan fingerprint density at radius 3 is 1.24 bits per heavy atom. The molecule has 0 N–H and O–H groups in total. The Bertz CT molecular complexity index is 407. The van der Waals surface area contributed by atoms with Crippen LogP contribution in [-0.2, 0) is 14.3 Å². The van der Waals surface area contributed by atoms with Crippen molar-refractivity contribution in [3.63, 3.8) is 0 Å². The van der Waals surface area contributed by atoms with Crippen LogP contribution in [0, 0.1) is 0 Å². The maximum absolute atomic E-state index is 12.0. The molecule has 0 aromatic carbocycles. The fraction of sp³-hybridized carbons (Fsp3) is 0.933. The molecule has 3 nitrogen and oxygen atoms in total. The number of esters is 1. The van der Waals surface area contributed by atoms with Crippen LogP contribution >= 0.6 is 0 Å². The summed E-state index contributed by atoms with van der Waals surface area (Å²) < 4.78 is 5.38. The number of carbonyl (C=O) groups is 2. The van der Waals surface area contributed by atoms with Gasteiger partial charge in [-0.15, -0.1) is 0 Å². The summed E-state index contributed by atoms with van der Waals surface area (Å²) in [5.74, 6) is -0.192. The van der Waals surface area contributed by atoms with E-state index in [-0.39, 0.29) is 5.97 Å². The van der Waals surface area contributed by atoms with Gasteiger partial charge in [0.2, 0.25) is 0 Å². The van der Waals surface area contributed by atoms with Crippen molar-refractivity contribution in [3.8, 4) is 0 Å². The lowest BCUT2D eigenvalue weighted by Crippen LogP contribution is -2.19. The van der Waals surface area contributed by atoms with Gasteiger partial charge in [0.15, 0.2) is 12.4 Å². The third-order valence-electron chi connectivity index (χ3n) is 6.76. The molecule has 0 radical (unpaired) electrons. The molecule has 0 aliphatic heterocycles. The number of carbonyl (C=O) groups excluding carboxylic acids is 2. The van der Waals surface area contributed by atoms with E-state index in [9.17, 15) is 9.59 Å². The van der Waals surface area contributed by atoms with Crippen LogP contribution in [0.1, 0.15) is 174 Å². The van der Waals surface area contributed by atoms with Crippen molar-refractivity contribution in [2.75, 3.05) is 0 Å². The minimum atomic E-state index is -0.534. The van der Waals surface area contributed by atoms with Crippen LogP contribution in [0.15, 0.2) is 0 Å². The number of ether oxygens (including phenoxy) is 1. The minimum absolute atomic E-state index is 0.192. The molecular weight excluding hydrogens is 408 g/mol. The van der Waals surface area contributed by atoms with Crippen molar-refractivity contribution >= 4 is 12.3 Å². The van der Waals surface area contributed by atoms with Crippen LogP contribution < -0.4 is 0 Å². The Balaban J connectivity index is 3.43. The molecule has 0 spiro atoms. The zero-order valence-electron chi connectivity index (χ0n) is 22.6. The highest BCUT2D eigenvalue weighted by Gasteiger charge is 2.13. The summed E-state index contributed by atoms with van der Waals surface area (Å²) in [4.78, 5) is 23.3. The van der Waals surface area contributed by atoms with Crippen LogP contribution in [0.4, 0.5) is 0 Å². The summed E-state index contributed by atoms with van der Waals surface area (Å²) >= 11 is 0. The van der Waals surface area contributed by atoms with Crippen LogP contribution in [0.25, 0.3) is 0 Å². The summed E-state index contributed by atoms with van der Waals surface area (Å²) in [5.41, 5.74) is 0. The SMILES string of the molecule is CCCCCCCCCCCCCCCC(=O)OC(C=O)CCCCCCCCCCCC. The second kappa shape index (κ2) is 27.4. The highest BCUT2D eigenvalue weighted by molar-refractivity contribution is 5.72. The van der Waals surface area contributed by atoms with Crippen LogP contribution in [0.5, 0.6) is 0 Å². The Labute approximate surface area is 207 Å². The van der Waals surface area contributed by atoms with Crippen LogP contribution in [0.2, 0.25) is 0 Å². The van der Waals surface area contributed by atoms with E-state index in [1.807, 2.05) is 0 Å². The zero-order valence-corrected chi connectivity index (χ0v) is 22.6. The van der Waals surface area contributed by atoms with Gasteiger partial charge in [-0.05, 0) is 19.3 Å². The normalized spacial score (nSPS) is 12.1. The molecule has 0 saturated carbocycles. The Morgan fingerprint density at radius 2 is 0.879 bits per heavy atom. The standard InChI is InChI=1S/C30H58O3/c1-3-5-7-9-11-13-15-16-17-19-21-23-25-27-30(32)33-29(28-31)26-24-22-20-18-14-12-10-8-6-4-2/h28-29H,3-27H2,1-2H3. The smallest absolute Gasteiger partial charge is 0.306 e. The molecule has 0 aliphatic rings. The second-order valence-electron chi connectivity index (χ2n) is 10.1. The molecule has 0 aromatic rings. The lowest BCUT2D eigenvalue weighted by Gasteiger charge is -2.12. The van der Waals surface area contributed by atoms with Gasteiger partial charge in [-0.1, -0.05) is 149 Å². The number of unbranched alkanes of at least 4 members (excludes halogenated alkanes) is 21. The van der Waals surface area contributed by atoms with Crippen molar-refractivity contribution in [1.82, 2.24) is 0 Å². The molecule has 0 amide bonds. The van der Waals surface area contributed by atoms with E-state index in [1.165, 1.54) is 122 Å². The third kappa shape index (κ3) is 25.6. The molecule has 3 heteroatoms. The number of hydrogen-bond acceptors (Lipinski definition) is 3. The molecule has 0 aliphatic carbocycles. The second-order valence-corrected chi connectivity index (χ2v) is 10.1. The molecule has 196 valence electrons. The summed E-state index contributed by atoms with van der Waals surface area (Å²) in [5, 5.41) is 0. The minimum Gasteiger partial charge on any atom is -0.455 e. The fourth-order valence-electron chi connectivity index (χ4n) is 4.50. The van der Waals surface area contributed by atoms with E-state index in [0.29, 0.717) is 12.8 Å². The first-order chi connectivity index (χ1) is 16.2. The number of aldehydes is 1. The van der Waals surface area contributed by atoms with Crippen LogP contribution in [-0.4, -0.2) is 18.4 Å². The van der Waals surface area contributed by atoms with Gasteiger partial charge in [0.1, 0.15) is 0 Å². The average molecular weight is 467 g/mol. The molecule has 33 heavy (non-hydrogen) atoms. The molecule has 0 rings (SSSR count). The predicted octanol–water partition coefficient (Wildman–Crippen LogP) is 9.89.